The summed E-state index contributed by atoms with van der Waals surface area (Å²) in [6.45, 7) is 4.60. The standard InChI is InChI=1S/C9H18N2O3/c1-4-6-11(7-8(12)13)9(14)10(3)5-2/h4-7H2,1-3H3,(H,12,13). The number of rotatable bonds is 5. The minimum absolute atomic E-state index is 0.225. The second kappa shape index (κ2) is 6.23. The van der Waals surface area contributed by atoms with E-state index in [-0.39, 0.29) is 12.6 Å². The Morgan fingerprint density at radius 2 is 1.86 bits per heavy atom. The van der Waals surface area contributed by atoms with Gasteiger partial charge < -0.3 is 14.9 Å². The largest absolute Gasteiger partial charge is 0.480 e. The fourth-order valence-corrected chi connectivity index (χ4v) is 1.05. The molecule has 0 aromatic rings. The molecule has 0 atom stereocenters. The summed E-state index contributed by atoms with van der Waals surface area (Å²) in [7, 11) is 1.66. The van der Waals surface area contributed by atoms with Gasteiger partial charge in [0.15, 0.2) is 0 Å². The Balaban J connectivity index is 4.31. The first-order valence-corrected chi connectivity index (χ1v) is 4.74. The van der Waals surface area contributed by atoms with Gasteiger partial charge in [-0.15, -0.1) is 0 Å². The molecule has 0 heterocycles. The van der Waals surface area contributed by atoms with E-state index in [4.69, 9.17) is 5.11 Å². The van der Waals surface area contributed by atoms with Crippen LogP contribution in [0.25, 0.3) is 0 Å². The van der Waals surface area contributed by atoms with Gasteiger partial charge in [-0.3, -0.25) is 4.79 Å². The number of carbonyl (C=O) groups is 2. The van der Waals surface area contributed by atoms with Gasteiger partial charge >= 0.3 is 12.0 Å². The summed E-state index contributed by atoms with van der Waals surface area (Å²) < 4.78 is 0. The minimum atomic E-state index is -0.976. The van der Waals surface area contributed by atoms with Crippen molar-refractivity contribution in [1.29, 1.82) is 0 Å². The lowest BCUT2D eigenvalue weighted by Gasteiger charge is -2.25. The highest BCUT2D eigenvalue weighted by Crippen LogP contribution is 1.98. The highest BCUT2D eigenvalue weighted by molar-refractivity contribution is 5.79. The predicted molar refractivity (Wildman–Crippen MR) is 53.2 cm³/mol. The first kappa shape index (κ1) is 12.7. The third-order valence-electron chi connectivity index (χ3n) is 1.89. The Bertz CT molecular complexity index is 206. The van der Waals surface area contributed by atoms with Gasteiger partial charge in [0.2, 0.25) is 0 Å². The summed E-state index contributed by atoms with van der Waals surface area (Å²) in [5.74, 6) is -0.976. The zero-order chi connectivity index (χ0) is 11.1. The molecular weight excluding hydrogens is 184 g/mol. The number of amides is 2. The molecule has 0 aliphatic rings. The number of hydrogen-bond donors (Lipinski definition) is 1. The summed E-state index contributed by atoms with van der Waals surface area (Å²) in [4.78, 5) is 24.9. The number of hydrogen-bond acceptors (Lipinski definition) is 2. The second-order valence-corrected chi connectivity index (χ2v) is 3.11. The van der Waals surface area contributed by atoms with Gasteiger partial charge in [0.05, 0.1) is 0 Å². The summed E-state index contributed by atoms with van der Waals surface area (Å²) in [6, 6.07) is -0.225. The van der Waals surface area contributed by atoms with Crippen molar-refractivity contribution < 1.29 is 14.7 Å². The molecule has 0 fully saturated rings. The molecule has 0 aromatic carbocycles. The van der Waals surface area contributed by atoms with Crippen LogP contribution in [-0.2, 0) is 4.79 Å². The molecular formula is C9H18N2O3. The Kier molecular flexibility index (Phi) is 5.67. The molecule has 0 saturated carbocycles. The summed E-state index contributed by atoms with van der Waals surface area (Å²) >= 11 is 0. The fourth-order valence-electron chi connectivity index (χ4n) is 1.05. The van der Waals surface area contributed by atoms with Gasteiger partial charge in [-0.05, 0) is 13.3 Å². The van der Waals surface area contributed by atoms with Gasteiger partial charge in [0.1, 0.15) is 6.54 Å². The van der Waals surface area contributed by atoms with Gasteiger partial charge in [-0.1, -0.05) is 6.92 Å². The molecule has 0 spiro atoms. The number of urea groups is 1. The molecule has 0 unspecified atom stereocenters. The lowest BCUT2D eigenvalue weighted by molar-refractivity contribution is -0.137. The van der Waals surface area contributed by atoms with Crippen molar-refractivity contribution in [2.75, 3.05) is 26.7 Å². The van der Waals surface area contributed by atoms with Gasteiger partial charge in [-0.25, -0.2) is 4.79 Å². The molecule has 1 N–H and O–H groups in total. The van der Waals surface area contributed by atoms with Crippen LogP contribution in [0.1, 0.15) is 20.3 Å². The maximum absolute atomic E-state index is 11.6. The van der Waals surface area contributed by atoms with Gasteiger partial charge in [0.25, 0.3) is 0 Å². The van der Waals surface area contributed by atoms with E-state index in [0.717, 1.165) is 6.42 Å². The maximum atomic E-state index is 11.6. The minimum Gasteiger partial charge on any atom is -0.480 e. The average Bonchev–Trinajstić information content (AvgIpc) is 2.14. The molecule has 2 amide bonds. The van der Waals surface area contributed by atoms with E-state index in [1.54, 1.807) is 7.05 Å². The molecule has 0 aliphatic heterocycles. The Morgan fingerprint density at radius 3 is 2.21 bits per heavy atom. The third-order valence-corrected chi connectivity index (χ3v) is 1.89. The smallest absolute Gasteiger partial charge is 0.323 e. The zero-order valence-corrected chi connectivity index (χ0v) is 8.99. The summed E-state index contributed by atoms with van der Waals surface area (Å²) in [5.41, 5.74) is 0. The molecule has 5 nitrogen and oxygen atoms in total. The lowest BCUT2D eigenvalue weighted by atomic mass is 10.4. The van der Waals surface area contributed by atoms with Gasteiger partial charge in [-0.2, -0.15) is 0 Å². The molecule has 0 aromatic heterocycles. The van der Waals surface area contributed by atoms with Crippen molar-refractivity contribution >= 4 is 12.0 Å². The van der Waals surface area contributed by atoms with Crippen LogP contribution in [0, 0.1) is 0 Å². The van der Waals surface area contributed by atoms with Crippen molar-refractivity contribution in [3.8, 4) is 0 Å². The SMILES string of the molecule is CCCN(CC(=O)O)C(=O)N(C)CC. The monoisotopic (exact) mass is 202 g/mol. The highest BCUT2D eigenvalue weighted by Gasteiger charge is 2.18. The molecule has 0 radical (unpaired) electrons. The normalized spacial score (nSPS) is 9.64. The van der Waals surface area contributed by atoms with Crippen molar-refractivity contribution in [2.45, 2.75) is 20.3 Å². The van der Waals surface area contributed by atoms with Gasteiger partial charge in [0, 0.05) is 20.1 Å². The van der Waals surface area contributed by atoms with E-state index in [9.17, 15) is 9.59 Å². The van der Waals surface area contributed by atoms with Crippen LogP contribution in [0.2, 0.25) is 0 Å². The molecule has 0 saturated heterocycles. The predicted octanol–water partition coefficient (Wildman–Crippen LogP) is 0.855. The Hall–Kier alpha value is -1.26. The first-order valence-electron chi connectivity index (χ1n) is 4.74. The van der Waals surface area contributed by atoms with Crippen LogP contribution in [0.5, 0.6) is 0 Å². The molecule has 82 valence electrons. The molecule has 0 aliphatic carbocycles. The fraction of sp³-hybridized carbons (Fsp3) is 0.778. The van der Waals surface area contributed by atoms with Crippen LogP contribution in [0.3, 0.4) is 0 Å². The summed E-state index contributed by atoms with van der Waals surface area (Å²) in [6.07, 6.45) is 0.760. The second-order valence-electron chi connectivity index (χ2n) is 3.11. The number of aliphatic carboxylic acids is 1. The zero-order valence-electron chi connectivity index (χ0n) is 8.99. The van der Waals surface area contributed by atoms with E-state index in [1.165, 1.54) is 9.80 Å². The van der Waals surface area contributed by atoms with E-state index in [2.05, 4.69) is 0 Å². The van der Waals surface area contributed by atoms with Crippen LogP contribution >= 0.6 is 0 Å². The average molecular weight is 202 g/mol. The maximum Gasteiger partial charge on any atom is 0.323 e. The van der Waals surface area contributed by atoms with E-state index in [0.29, 0.717) is 13.1 Å². The Labute approximate surface area is 84.3 Å². The number of carbonyl (C=O) groups excluding carboxylic acids is 1. The number of carboxylic acid groups (broad SMARTS) is 1. The first-order chi connectivity index (χ1) is 6.52. The van der Waals surface area contributed by atoms with Crippen molar-refractivity contribution in [2.24, 2.45) is 0 Å². The third kappa shape index (κ3) is 4.11. The summed E-state index contributed by atoms with van der Waals surface area (Å²) in [5, 5.41) is 8.60. The van der Waals surface area contributed by atoms with E-state index >= 15 is 0 Å². The molecule has 5 heteroatoms. The van der Waals surface area contributed by atoms with Crippen molar-refractivity contribution in [1.82, 2.24) is 9.80 Å². The topological polar surface area (TPSA) is 60.9 Å². The van der Waals surface area contributed by atoms with Crippen LogP contribution in [-0.4, -0.2) is 53.6 Å². The Morgan fingerprint density at radius 1 is 1.29 bits per heavy atom. The van der Waals surface area contributed by atoms with Crippen molar-refractivity contribution in [3.05, 3.63) is 0 Å². The van der Waals surface area contributed by atoms with E-state index < -0.39 is 5.97 Å². The number of nitrogens with zero attached hydrogens (tertiary/aromatic N) is 2. The van der Waals surface area contributed by atoms with Crippen LogP contribution in [0.15, 0.2) is 0 Å². The van der Waals surface area contributed by atoms with Crippen molar-refractivity contribution in [3.63, 3.8) is 0 Å². The molecule has 14 heavy (non-hydrogen) atoms. The molecule has 0 bridgehead atoms. The van der Waals surface area contributed by atoms with E-state index in [1.807, 2.05) is 13.8 Å². The number of carboxylic acids is 1. The van der Waals surface area contributed by atoms with Crippen LogP contribution in [0.4, 0.5) is 4.79 Å². The van der Waals surface area contributed by atoms with Crippen LogP contribution < -0.4 is 0 Å². The quantitative estimate of drug-likeness (QED) is 0.719. The lowest BCUT2D eigenvalue weighted by Crippen LogP contribution is -2.43. The highest BCUT2D eigenvalue weighted by atomic mass is 16.4. The molecule has 0 rings (SSSR count).